The van der Waals surface area contributed by atoms with Gasteiger partial charge in [0.25, 0.3) is 0 Å². The molecule has 18 heavy (non-hydrogen) atoms. The topological polar surface area (TPSA) is 99.6 Å². The minimum Gasteiger partial charge on any atom is -0.374 e. The van der Waals surface area contributed by atoms with Crippen molar-refractivity contribution < 1.29 is 4.92 Å². The van der Waals surface area contributed by atoms with E-state index in [4.69, 9.17) is 5.26 Å². The fourth-order valence-corrected chi connectivity index (χ4v) is 2.00. The van der Waals surface area contributed by atoms with Gasteiger partial charge in [0.1, 0.15) is 6.07 Å². The highest BCUT2D eigenvalue weighted by molar-refractivity contribution is 5.44. The van der Waals surface area contributed by atoms with E-state index in [2.05, 4.69) is 5.18 Å². The Morgan fingerprint density at radius 2 is 1.94 bits per heavy atom. The summed E-state index contributed by atoms with van der Waals surface area (Å²) in [4.78, 5) is 22.2. The summed E-state index contributed by atoms with van der Waals surface area (Å²) in [5, 5.41) is 22.2. The molecule has 7 heteroatoms. The van der Waals surface area contributed by atoms with E-state index >= 15 is 0 Å². The van der Waals surface area contributed by atoms with Crippen molar-refractivity contribution in [3.8, 4) is 6.07 Å². The van der Waals surface area contributed by atoms with Gasteiger partial charge in [-0.3, -0.25) is 0 Å². The molecule has 0 aromatic carbocycles. The number of nitriles is 1. The third kappa shape index (κ3) is 2.71. The standard InChI is InChI=1S/C11H14N4O3/c1-8(11(13-16)15(17)18)10(7-12)9(2)14-5-3-4-6-14/h3-6H2,1-2H3/b10-9+,11-8-. The Bertz CT molecular complexity index is 467. The number of rotatable bonds is 4. The Hall–Kier alpha value is -2.23. The van der Waals surface area contributed by atoms with Gasteiger partial charge in [0.05, 0.1) is 11.1 Å². The SMILES string of the molecule is CC(/C(C#N)=C(\C)N1CCCC1)=C(\N=O)[N+](=O)[O-]. The third-order valence-corrected chi connectivity index (χ3v) is 3.02. The molecule has 0 radical (unpaired) electrons. The van der Waals surface area contributed by atoms with Gasteiger partial charge in [-0.05, 0) is 36.5 Å². The van der Waals surface area contributed by atoms with Gasteiger partial charge >= 0.3 is 5.82 Å². The summed E-state index contributed by atoms with van der Waals surface area (Å²) in [6.07, 6.45) is 2.07. The maximum atomic E-state index is 10.6. The molecule has 1 aliphatic heterocycles. The van der Waals surface area contributed by atoms with Crippen molar-refractivity contribution in [2.24, 2.45) is 5.18 Å². The lowest BCUT2D eigenvalue weighted by Gasteiger charge is -2.19. The molecule has 1 aliphatic rings. The second-order valence-corrected chi connectivity index (χ2v) is 4.06. The molecule has 1 fully saturated rings. The van der Waals surface area contributed by atoms with Gasteiger partial charge in [0, 0.05) is 18.8 Å². The van der Waals surface area contributed by atoms with E-state index in [9.17, 15) is 15.0 Å². The first kappa shape index (κ1) is 13.8. The summed E-state index contributed by atoms with van der Waals surface area (Å²) < 4.78 is 0. The van der Waals surface area contributed by atoms with Crippen molar-refractivity contribution in [1.82, 2.24) is 4.90 Å². The maximum absolute atomic E-state index is 10.6. The lowest BCUT2D eigenvalue weighted by atomic mass is 10.1. The molecule has 1 saturated heterocycles. The summed E-state index contributed by atoms with van der Waals surface area (Å²) in [7, 11) is 0. The molecule has 0 spiro atoms. The smallest absolute Gasteiger partial charge is 0.374 e. The summed E-state index contributed by atoms with van der Waals surface area (Å²) in [6.45, 7) is 4.76. The second kappa shape index (κ2) is 5.91. The third-order valence-electron chi connectivity index (χ3n) is 3.02. The van der Waals surface area contributed by atoms with Crippen LogP contribution in [-0.4, -0.2) is 22.9 Å². The maximum Gasteiger partial charge on any atom is 0.419 e. The zero-order valence-corrected chi connectivity index (χ0v) is 10.3. The largest absolute Gasteiger partial charge is 0.419 e. The molecule has 0 atom stereocenters. The van der Waals surface area contributed by atoms with Crippen LogP contribution in [0.25, 0.3) is 0 Å². The molecule has 0 unspecified atom stereocenters. The molecular formula is C11H14N4O3. The zero-order chi connectivity index (χ0) is 13.7. The monoisotopic (exact) mass is 250 g/mol. The number of nitrogens with zero attached hydrogens (tertiary/aromatic N) is 4. The van der Waals surface area contributed by atoms with Crippen molar-refractivity contribution >= 4 is 0 Å². The van der Waals surface area contributed by atoms with E-state index in [-0.39, 0.29) is 11.1 Å². The number of allylic oxidation sites excluding steroid dienone is 3. The lowest BCUT2D eigenvalue weighted by molar-refractivity contribution is -0.427. The minimum atomic E-state index is -0.864. The van der Waals surface area contributed by atoms with E-state index in [1.54, 1.807) is 6.92 Å². The van der Waals surface area contributed by atoms with Crippen molar-refractivity contribution in [1.29, 1.82) is 5.26 Å². The Balaban J connectivity index is 3.24. The number of hydrogen-bond acceptors (Lipinski definition) is 6. The van der Waals surface area contributed by atoms with Crippen LogP contribution in [0.3, 0.4) is 0 Å². The molecule has 0 N–H and O–H groups in total. The first-order valence-corrected chi connectivity index (χ1v) is 5.57. The number of likely N-dealkylation sites (tertiary alicyclic amines) is 1. The highest BCUT2D eigenvalue weighted by Crippen LogP contribution is 2.23. The summed E-state index contributed by atoms with van der Waals surface area (Å²) in [6, 6.07) is 1.92. The van der Waals surface area contributed by atoms with E-state index in [1.807, 2.05) is 11.0 Å². The summed E-state index contributed by atoms with van der Waals surface area (Å²) in [5.41, 5.74) is 0.834. The number of hydrogen-bond donors (Lipinski definition) is 0. The normalized spacial score (nSPS) is 17.7. The quantitative estimate of drug-likeness (QED) is 0.250. The Kier molecular flexibility index (Phi) is 4.54. The van der Waals surface area contributed by atoms with Crippen LogP contribution < -0.4 is 0 Å². The zero-order valence-electron chi connectivity index (χ0n) is 10.3. The molecule has 1 heterocycles. The van der Waals surface area contributed by atoms with Crippen molar-refractivity contribution in [2.45, 2.75) is 26.7 Å². The van der Waals surface area contributed by atoms with E-state index in [0.29, 0.717) is 5.70 Å². The lowest BCUT2D eigenvalue weighted by Crippen LogP contribution is -2.18. The molecule has 0 aliphatic carbocycles. The first-order chi connectivity index (χ1) is 8.52. The van der Waals surface area contributed by atoms with Gasteiger partial charge in [-0.25, -0.2) is 0 Å². The van der Waals surface area contributed by atoms with Crippen LogP contribution in [0.4, 0.5) is 0 Å². The van der Waals surface area contributed by atoms with Crippen molar-refractivity contribution in [3.05, 3.63) is 37.7 Å². The molecule has 0 aromatic heterocycles. The fourth-order valence-electron chi connectivity index (χ4n) is 2.00. The molecule has 7 nitrogen and oxygen atoms in total. The molecule has 96 valence electrons. The summed E-state index contributed by atoms with van der Waals surface area (Å²) in [5.74, 6) is -0.801. The predicted molar refractivity (Wildman–Crippen MR) is 64.6 cm³/mol. The molecule has 0 saturated carbocycles. The minimum absolute atomic E-state index is 0.0156. The van der Waals surface area contributed by atoms with E-state index < -0.39 is 10.7 Å². The molecule has 0 amide bonds. The summed E-state index contributed by atoms with van der Waals surface area (Å²) >= 11 is 0. The Labute approximate surface area is 105 Å². The Morgan fingerprint density at radius 3 is 2.33 bits per heavy atom. The van der Waals surface area contributed by atoms with Gasteiger partial charge in [0.15, 0.2) is 0 Å². The highest BCUT2D eigenvalue weighted by atomic mass is 16.6. The number of nitro groups is 1. The van der Waals surface area contributed by atoms with E-state index in [0.717, 1.165) is 25.9 Å². The molecular weight excluding hydrogens is 236 g/mol. The van der Waals surface area contributed by atoms with Crippen molar-refractivity contribution in [2.75, 3.05) is 13.1 Å². The molecule has 0 aromatic rings. The van der Waals surface area contributed by atoms with E-state index in [1.165, 1.54) is 6.92 Å². The van der Waals surface area contributed by atoms with Gasteiger partial charge < -0.3 is 15.0 Å². The van der Waals surface area contributed by atoms with Crippen LogP contribution in [0.5, 0.6) is 0 Å². The number of nitroso groups, excluding NO2 is 1. The van der Waals surface area contributed by atoms with Crippen molar-refractivity contribution in [3.63, 3.8) is 0 Å². The average Bonchev–Trinajstić information content (AvgIpc) is 2.83. The second-order valence-electron chi connectivity index (χ2n) is 4.06. The van der Waals surface area contributed by atoms with Crippen LogP contribution in [0.1, 0.15) is 26.7 Å². The van der Waals surface area contributed by atoms with Crippen LogP contribution in [0.15, 0.2) is 27.8 Å². The molecule has 0 bridgehead atoms. The molecule has 1 rings (SSSR count). The van der Waals surface area contributed by atoms with Crippen LogP contribution in [-0.2, 0) is 0 Å². The first-order valence-electron chi connectivity index (χ1n) is 5.57. The van der Waals surface area contributed by atoms with Gasteiger partial charge in [-0.1, -0.05) is 0 Å². The fraction of sp³-hybridized carbons (Fsp3) is 0.545. The van der Waals surface area contributed by atoms with Crippen LogP contribution in [0.2, 0.25) is 0 Å². The average molecular weight is 250 g/mol. The van der Waals surface area contributed by atoms with Crippen LogP contribution in [0, 0.1) is 26.4 Å². The van der Waals surface area contributed by atoms with Gasteiger partial charge in [0.2, 0.25) is 5.18 Å². The highest BCUT2D eigenvalue weighted by Gasteiger charge is 2.23. The van der Waals surface area contributed by atoms with Gasteiger partial charge in [-0.2, -0.15) is 5.26 Å². The predicted octanol–water partition coefficient (Wildman–Crippen LogP) is 2.15. The Morgan fingerprint density at radius 1 is 1.39 bits per heavy atom. The van der Waals surface area contributed by atoms with Crippen LogP contribution >= 0.6 is 0 Å². The van der Waals surface area contributed by atoms with Gasteiger partial charge in [-0.15, -0.1) is 0 Å².